The van der Waals surface area contributed by atoms with Gasteiger partial charge in [0.25, 0.3) is 5.91 Å². The fourth-order valence-electron chi connectivity index (χ4n) is 2.99. The van der Waals surface area contributed by atoms with Gasteiger partial charge in [-0.25, -0.2) is 0 Å². The second kappa shape index (κ2) is 5.83. The number of hydrogen-bond donors (Lipinski definition) is 2. The first-order valence-corrected chi connectivity index (χ1v) is 7.11. The summed E-state index contributed by atoms with van der Waals surface area (Å²) in [6.45, 7) is 8.62. The molecular weight excluding hydrogens is 214 g/mol. The predicted molar refractivity (Wildman–Crippen MR) is 67.2 cm³/mol. The Morgan fingerprint density at radius 3 is 2.59 bits per heavy atom. The van der Waals surface area contributed by atoms with Gasteiger partial charge in [-0.15, -0.1) is 0 Å². The van der Waals surface area contributed by atoms with Crippen LogP contribution in [0.15, 0.2) is 0 Å². The van der Waals surface area contributed by atoms with Gasteiger partial charge in [0.15, 0.2) is 6.54 Å². The second-order valence-electron chi connectivity index (χ2n) is 5.82. The van der Waals surface area contributed by atoms with Crippen molar-refractivity contribution in [2.24, 2.45) is 0 Å². The molecule has 2 heterocycles. The van der Waals surface area contributed by atoms with Crippen LogP contribution >= 0.6 is 0 Å². The number of likely N-dealkylation sites (N-methyl/N-ethyl adjacent to an activating group) is 1. The predicted octanol–water partition coefficient (Wildman–Crippen LogP) is -2.20. The van der Waals surface area contributed by atoms with E-state index in [9.17, 15) is 4.79 Å². The van der Waals surface area contributed by atoms with E-state index in [2.05, 4.69) is 18.9 Å². The van der Waals surface area contributed by atoms with E-state index in [1.54, 1.807) is 4.90 Å². The minimum Gasteiger partial charge on any atom is -0.335 e. The molecule has 1 atom stereocenters. The molecule has 2 N–H and O–H groups in total. The lowest BCUT2D eigenvalue weighted by Gasteiger charge is -2.35. The van der Waals surface area contributed by atoms with E-state index in [0.29, 0.717) is 11.9 Å². The van der Waals surface area contributed by atoms with Gasteiger partial charge in [0.05, 0.1) is 7.05 Å². The average Bonchev–Trinajstić information content (AvgIpc) is 2.32. The number of piperidine rings is 1. The summed E-state index contributed by atoms with van der Waals surface area (Å²) in [7, 11) is 2.24. The smallest absolute Gasteiger partial charge is 0.278 e. The first-order chi connectivity index (χ1) is 8.16. The van der Waals surface area contributed by atoms with Gasteiger partial charge < -0.3 is 14.7 Å². The third-order valence-corrected chi connectivity index (χ3v) is 4.34. The Bertz CT molecular complexity index is 261. The van der Waals surface area contributed by atoms with Crippen LogP contribution in [0.25, 0.3) is 0 Å². The lowest BCUT2D eigenvalue weighted by atomic mass is 10.0. The molecule has 0 bridgehead atoms. The summed E-state index contributed by atoms with van der Waals surface area (Å²) < 4.78 is 0. The molecule has 98 valence electrons. The van der Waals surface area contributed by atoms with Crippen molar-refractivity contribution >= 4 is 5.91 Å². The molecule has 1 amide bonds. The van der Waals surface area contributed by atoms with Crippen LogP contribution in [0.3, 0.4) is 0 Å². The molecule has 2 aliphatic rings. The van der Waals surface area contributed by atoms with Crippen LogP contribution in [0, 0.1) is 0 Å². The monoisotopic (exact) mass is 241 g/mol. The Kier molecular flexibility index (Phi) is 4.40. The highest BCUT2D eigenvalue weighted by molar-refractivity contribution is 5.77. The Morgan fingerprint density at radius 2 is 1.94 bits per heavy atom. The van der Waals surface area contributed by atoms with Gasteiger partial charge in [0.1, 0.15) is 26.2 Å². The number of rotatable bonds is 2. The van der Waals surface area contributed by atoms with Crippen LogP contribution in [0.5, 0.6) is 0 Å². The molecule has 0 radical (unpaired) electrons. The molecule has 2 fully saturated rings. The molecule has 4 nitrogen and oxygen atoms in total. The average molecular weight is 241 g/mol. The van der Waals surface area contributed by atoms with E-state index < -0.39 is 0 Å². The van der Waals surface area contributed by atoms with Crippen molar-refractivity contribution in [3.8, 4) is 0 Å². The Hall–Kier alpha value is -0.610. The van der Waals surface area contributed by atoms with Crippen molar-refractivity contribution in [3.63, 3.8) is 0 Å². The highest BCUT2D eigenvalue weighted by Crippen LogP contribution is 2.15. The van der Waals surface area contributed by atoms with Crippen LogP contribution in [-0.4, -0.2) is 63.2 Å². The molecule has 0 aliphatic carbocycles. The Labute approximate surface area is 105 Å². The minimum absolute atomic E-state index is 0.381. The van der Waals surface area contributed by atoms with Crippen LogP contribution in [-0.2, 0) is 4.79 Å². The van der Waals surface area contributed by atoms with E-state index in [-0.39, 0.29) is 0 Å². The topological polar surface area (TPSA) is 29.2 Å². The maximum atomic E-state index is 12.3. The first-order valence-electron chi connectivity index (χ1n) is 7.11. The number of piperazine rings is 1. The van der Waals surface area contributed by atoms with Crippen molar-refractivity contribution in [3.05, 3.63) is 0 Å². The molecule has 0 aromatic carbocycles. The van der Waals surface area contributed by atoms with E-state index >= 15 is 0 Å². The molecule has 0 aromatic heterocycles. The summed E-state index contributed by atoms with van der Waals surface area (Å²) in [6.07, 6.45) is 3.67. The molecule has 0 unspecified atom stereocenters. The molecular formula is C13H27N3O+2. The SMILES string of the molecule is C[C@H]1CCCCN1C(=O)C[NH+]1CC[NH+](C)CC1. The van der Waals surface area contributed by atoms with Crippen LogP contribution in [0.4, 0.5) is 0 Å². The summed E-state index contributed by atoms with van der Waals surface area (Å²) in [6, 6.07) is 0.466. The van der Waals surface area contributed by atoms with E-state index in [4.69, 9.17) is 0 Å². The minimum atomic E-state index is 0.381. The molecule has 0 saturated carbocycles. The standard InChI is InChI=1S/C13H25N3O/c1-12-5-3-4-6-16(12)13(17)11-15-9-7-14(2)8-10-15/h12H,3-11H2,1-2H3/p+2/t12-/m0/s1. The van der Waals surface area contributed by atoms with E-state index in [1.165, 1.54) is 37.3 Å². The number of quaternary nitrogens is 2. The first kappa shape index (κ1) is 12.8. The summed E-state index contributed by atoms with van der Waals surface area (Å²) in [5, 5.41) is 0. The van der Waals surface area contributed by atoms with Gasteiger partial charge in [-0.3, -0.25) is 4.79 Å². The zero-order valence-electron chi connectivity index (χ0n) is 11.3. The van der Waals surface area contributed by atoms with Gasteiger partial charge in [-0.1, -0.05) is 0 Å². The summed E-state index contributed by atoms with van der Waals surface area (Å²) in [5.74, 6) is 0.381. The van der Waals surface area contributed by atoms with Gasteiger partial charge in [0.2, 0.25) is 0 Å². The number of amides is 1. The van der Waals surface area contributed by atoms with Gasteiger partial charge in [-0.05, 0) is 26.2 Å². The maximum absolute atomic E-state index is 12.3. The third kappa shape index (κ3) is 3.42. The zero-order chi connectivity index (χ0) is 12.3. The quantitative estimate of drug-likeness (QED) is 0.565. The molecule has 2 aliphatic heterocycles. The summed E-state index contributed by atoms with van der Waals surface area (Å²) in [5.41, 5.74) is 0. The maximum Gasteiger partial charge on any atom is 0.278 e. The number of likely N-dealkylation sites (tertiary alicyclic amines) is 1. The lowest BCUT2D eigenvalue weighted by Crippen LogP contribution is -3.27. The van der Waals surface area contributed by atoms with E-state index in [0.717, 1.165) is 26.2 Å². The van der Waals surface area contributed by atoms with Crippen molar-refractivity contribution in [2.75, 3.05) is 46.3 Å². The van der Waals surface area contributed by atoms with E-state index in [1.807, 2.05) is 0 Å². The molecule has 2 rings (SSSR count). The molecule has 0 spiro atoms. The zero-order valence-corrected chi connectivity index (χ0v) is 11.3. The Balaban J connectivity index is 1.79. The molecule has 2 saturated heterocycles. The van der Waals surface area contributed by atoms with Crippen molar-refractivity contribution in [1.29, 1.82) is 0 Å². The van der Waals surface area contributed by atoms with Crippen molar-refractivity contribution in [1.82, 2.24) is 4.90 Å². The molecule has 0 aromatic rings. The highest BCUT2D eigenvalue weighted by atomic mass is 16.2. The summed E-state index contributed by atoms with van der Waals surface area (Å²) >= 11 is 0. The van der Waals surface area contributed by atoms with Crippen molar-refractivity contribution < 1.29 is 14.6 Å². The normalized spacial score (nSPS) is 34.7. The van der Waals surface area contributed by atoms with Crippen LogP contribution in [0.1, 0.15) is 26.2 Å². The van der Waals surface area contributed by atoms with Gasteiger partial charge in [0, 0.05) is 12.6 Å². The fourth-order valence-corrected chi connectivity index (χ4v) is 2.99. The number of carbonyl (C=O) groups is 1. The molecule has 17 heavy (non-hydrogen) atoms. The second-order valence-corrected chi connectivity index (χ2v) is 5.82. The fraction of sp³-hybridized carbons (Fsp3) is 0.923. The summed E-state index contributed by atoms with van der Waals surface area (Å²) in [4.78, 5) is 17.5. The van der Waals surface area contributed by atoms with Gasteiger partial charge in [-0.2, -0.15) is 0 Å². The number of hydrogen-bond acceptors (Lipinski definition) is 1. The Morgan fingerprint density at radius 1 is 1.24 bits per heavy atom. The number of nitrogens with zero attached hydrogens (tertiary/aromatic N) is 1. The number of nitrogens with one attached hydrogen (secondary N) is 2. The molecule has 4 heteroatoms. The van der Waals surface area contributed by atoms with Crippen molar-refractivity contribution in [2.45, 2.75) is 32.2 Å². The lowest BCUT2D eigenvalue weighted by molar-refractivity contribution is -1.000. The third-order valence-electron chi connectivity index (χ3n) is 4.34. The highest BCUT2D eigenvalue weighted by Gasteiger charge is 2.28. The largest absolute Gasteiger partial charge is 0.335 e. The van der Waals surface area contributed by atoms with Gasteiger partial charge >= 0.3 is 0 Å². The number of carbonyl (C=O) groups excluding carboxylic acids is 1. The van der Waals surface area contributed by atoms with Crippen LogP contribution in [0.2, 0.25) is 0 Å². The van der Waals surface area contributed by atoms with Crippen LogP contribution < -0.4 is 9.80 Å².